The predicted molar refractivity (Wildman–Crippen MR) is 119 cm³/mol. The molecule has 2 N–H and O–H groups in total. The molecule has 0 unspecified atom stereocenters. The predicted octanol–water partition coefficient (Wildman–Crippen LogP) is 3.20. The van der Waals surface area contributed by atoms with Crippen LogP contribution in [-0.4, -0.2) is 36.5 Å². The fourth-order valence-electron chi connectivity index (χ4n) is 3.12. The normalized spacial score (nSPS) is 11.2. The van der Waals surface area contributed by atoms with E-state index in [0.29, 0.717) is 13.1 Å². The molecule has 7 nitrogen and oxygen atoms in total. The molecule has 158 valence electrons. The van der Waals surface area contributed by atoms with Gasteiger partial charge in [-0.25, -0.2) is 4.99 Å². The van der Waals surface area contributed by atoms with Crippen molar-refractivity contribution in [3.05, 3.63) is 77.6 Å². The zero-order chi connectivity index (χ0) is 21.2. The van der Waals surface area contributed by atoms with Gasteiger partial charge in [0.1, 0.15) is 11.5 Å². The summed E-state index contributed by atoms with van der Waals surface area (Å²) in [4.78, 5) is 4.72. The molecule has 0 aliphatic carbocycles. The van der Waals surface area contributed by atoms with Crippen LogP contribution in [0.2, 0.25) is 0 Å². The Morgan fingerprint density at radius 1 is 1.00 bits per heavy atom. The van der Waals surface area contributed by atoms with Crippen molar-refractivity contribution in [1.29, 1.82) is 0 Å². The number of nitrogens with zero attached hydrogens (tertiary/aromatic N) is 3. The van der Waals surface area contributed by atoms with Crippen LogP contribution in [0.3, 0.4) is 0 Å². The number of nitrogens with one attached hydrogen (secondary N) is 2. The standard InChI is InChI=1S/C23H29N5O2/c1-4-24-23(26-16-19-10-11-21(29-2)14-22(19)30-3)25-15-18-8-5-6-9-20(18)17-28-13-7-12-27-28/h5-14H,4,15-17H2,1-3H3,(H2,24,25,26). The zero-order valence-corrected chi connectivity index (χ0v) is 17.8. The highest BCUT2D eigenvalue weighted by Gasteiger charge is 2.07. The van der Waals surface area contributed by atoms with E-state index >= 15 is 0 Å². The summed E-state index contributed by atoms with van der Waals surface area (Å²) < 4.78 is 12.7. The number of benzene rings is 2. The third kappa shape index (κ3) is 5.76. The van der Waals surface area contributed by atoms with Gasteiger partial charge < -0.3 is 20.1 Å². The number of rotatable bonds is 9. The molecule has 1 heterocycles. The first-order chi connectivity index (χ1) is 14.7. The quantitative estimate of drug-likeness (QED) is 0.421. The number of aliphatic imine (C=N–C) groups is 1. The Bertz CT molecular complexity index is 954. The second-order valence-electron chi connectivity index (χ2n) is 6.70. The van der Waals surface area contributed by atoms with Gasteiger partial charge in [0.2, 0.25) is 0 Å². The molecule has 1 aromatic heterocycles. The molecule has 0 amide bonds. The molecule has 3 rings (SSSR count). The van der Waals surface area contributed by atoms with Crippen LogP contribution in [0.25, 0.3) is 0 Å². The summed E-state index contributed by atoms with van der Waals surface area (Å²) in [6, 6.07) is 16.1. The Kier molecular flexibility index (Phi) is 7.71. The SMILES string of the molecule is CCNC(=NCc1ccc(OC)cc1OC)NCc1ccccc1Cn1cccn1. The molecule has 0 radical (unpaired) electrons. The summed E-state index contributed by atoms with van der Waals surface area (Å²) in [6.07, 6.45) is 3.77. The van der Waals surface area contributed by atoms with Crippen molar-refractivity contribution >= 4 is 5.96 Å². The number of aromatic nitrogens is 2. The maximum Gasteiger partial charge on any atom is 0.191 e. The molecule has 7 heteroatoms. The molecule has 0 atom stereocenters. The van der Waals surface area contributed by atoms with Crippen LogP contribution < -0.4 is 20.1 Å². The van der Waals surface area contributed by atoms with Gasteiger partial charge in [0.05, 0.1) is 27.3 Å². The number of guanidine groups is 1. The van der Waals surface area contributed by atoms with E-state index in [-0.39, 0.29) is 0 Å². The Morgan fingerprint density at radius 2 is 1.83 bits per heavy atom. The molecule has 30 heavy (non-hydrogen) atoms. The van der Waals surface area contributed by atoms with Gasteiger partial charge in [0.25, 0.3) is 0 Å². The maximum absolute atomic E-state index is 5.48. The molecular weight excluding hydrogens is 378 g/mol. The first-order valence-electron chi connectivity index (χ1n) is 10.0. The lowest BCUT2D eigenvalue weighted by Gasteiger charge is -2.15. The summed E-state index contributed by atoms with van der Waals surface area (Å²) >= 11 is 0. The first kappa shape index (κ1) is 21.2. The fraction of sp³-hybridized carbons (Fsp3) is 0.304. The molecule has 0 spiro atoms. The summed E-state index contributed by atoms with van der Waals surface area (Å²) in [7, 11) is 3.30. The third-order valence-corrected chi connectivity index (χ3v) is 4.70. The van der Waals surface area contributed by atoms with Crippen molar-refractivity contribution in [2.75, 3.05) is 20.8 Å². The van der Waals surface area contributed by atoms with Crippen LogP contribution in [0.15, 0.2) is 65.9 Å². The van der Waals surface area contributed by atoms with Crippen LogP contribution >= 0.6 is 0 Å². The van der Waals surface area contributed by atoms with E-state index in [1.54, 1.807) is 20.4 Å². The van der Waals surface area contributed by atoms with Crippen molar-refractivity contribution < 1.29 is 9.47 Å². The minimum absolute atomic E-state index is 0.497. The minimum Gasteiger partial charge on any atom is -0.497 e. The molecular formula is C23H29N5O2. The lowest BCUT2D eigenvalue weighted by molar-refractivity contribution is 0.391. The van der Waals surface area contributed by atoms with Gasteiger partial charge in [-0.3, -0.25) is 4.68 Å². The number of hydrogen-bond acceptors (Lipinski definition) is 4. The van der Waals surface area contributed by atoms with Crippen LogP contribution in [0.4, 0.5) is 0 Å². The van der Waals surface area contributed by atoms with Gasteiger partial charge in [-0.1, -0.05) is 24.3 Å². The molecule has 0 aliphatic heterocycles. The summed E-state index contributed by atoms with van der Waals surface area (Å²) in [5, 5.41) is 11.0. The van der Waals surface area contributed by atoms with E-state index in [0.717, 1.165) is 36.1 Å². The van der Waals surface area contributed by atoms with Gasteiger partial charge in [-0.15, -0.1) is 0 Å². The molecule has 3 aromatic rings. The molecule has 0 fully saturated rings. The van der Waals surface area contributed by atoms with Crippen molar-refractivity contribution in [2.45, 2.75) is 26.6 Å². The van der Waals surface area contributed by atoms with E-state index in [4.69, 9.17) is 14.5 Å². The average Bonchev–Trinajstić information content (AvgIpc) is 3.29. The van der Waals surface area contributed by atoms with Crippen LogP contribution in [0.1, 0.15) is 23.6 Å². The second-order valence-corrected chi connectivity index (χ2v) is 6.70. The molecule has 0 aliphatic rings. The smallest absolute Gasteiger partial charge is 0.191 e. The summed E-state index contributed by atoms with van der Waals surface area (Å²) in [5.41, 5.74) is 3.43. The van der Waals surface area contributed by atoms with E-state index < -0.39 is 0 Å². The molecule has 2 aromatic carbocycles. The largest absolute Gasteiger partial charge is 0.497 e. The van der Waals surface area contributed by atoms with Gasteiger partial charge in [0, 0.05) is 37.1 Å². The summed E-state index contributed by atoms with van der Waals surface area (Å²) in [5.74, 6) is 2.28. The maximum atomic E-state index is 5.48. The van der Waals surface area contributed by atoms with Crippen molar-refractivity contribution in [3.8, 4) is 11.5 Å². The van der Waals surface area contributed by atoms with E-state index in [9.17, 15) is 0 Å². The first-order valence-corrected chi connectivity index (χ1v) is 10.0. The highest BCUT2D eigenvalue weighted by atomic mass is 16.5. The number of ether oxygens (including phenoxy) is 2. The molecule has 0 saturated heterocycles. The van der Waals surface area contributed by atoms with E-state index in [1.807, 2.05) is 35.1 Å². The zero-order valence-electron chi connectivity index (χ0n) is 17.8. The Labute approximate surface area is 177 Å². The van der Waals surface area contributed by atoms with Crippen LogP contribution in [0, 0.1) is 0 Å². The van der Waals surface area contributed by atoms with E-state index in [2.05, 4.69) is 46.9 Å². The lowest BCUT2D eigenvalue weighted by atomic mass is 10.1. The Hall–Kier alpha value is -3.48. The third-order valence-electron chi connectivity index (χ3n) is 4.70. The van der Waals surface area contributed by atoms with E-state index in [1.165, 1.54) is 11.1 Å². The van der Waals surface area contributed by atoms with Crippen LogP contribution in [-0.2, 0) is 19.6 Å². The van der Waals surface area contributed by atoms with Crippen molar-refractivity contribution in [1.82, 2.24) is 20.4 Å². The van der Waals surface area contributed by atoms with Gasteiger partial charge in [-0.2, -0.15) is 5.10 Å². The fourth-order valence-corrected chi connectivity index (χ4v) is 3.12. The van der Waals surface area contributed by atoms with Gasteiger partial charge in [0.15, 0.2) is 5.96 Å². The van der Waals surface area contributed by atoms with Crippen molar-refractivity contribution in [2.24, 2.45) is 4.99 Å². The lowest BCUT2D eigenvalue weighted by Crippen LogP contribution is -2.37. The monoisotopic (exact) mass is 407 g/mol. The second kappa shape index (κ2) is 10.9. The summed E-state index contributed by atoms with van der Waals surface area (Å²) in [6.45, 7) is 4.74. The van der Waals surface area contributed by atoms with Gasteiger partial charge >= 0.3 is 0 Å². The molecule has 0 bridgehead atoms. The highest BCUT2D eigenvalue weighted by Crippen LogP contribution is 2.25. The highest BCUT2D eigenvalue weighted by molar-refractivity contribution is 5.79. The number of methoxy groups -OCH3 is 2. The minimum atomic E-state index is 0.497. The van der Waals surface area contributed by atoms with Gasteiger partial charge in [-0.05, 0) is 36.2 Å². The van der Waals surface area contributed by atoms with Crippen molar-refractivity contribution in [3.63, 3.8) is 0 Å². The Morgan fingerprint density at radius 3 is 2.53 bits per heavy atom. The topological polar surface area (TPSA) is 72.7 Å². The van der Waals surface area contributed by atoms with Crippen LogP contribution in [0.5, 0.6) is 11.5 Å². The average molecular weight is 408 g/mol. The Balaban J connectivity index is 1.69. The molecule has 0 saturated carbocycles. The number of hydrogen-bond donors (Lipinski definition) is 2.